The molecule has 2 aromatic rings. The lowest BCUT2D eigenvalue weighted by Crippen LogP contribution is -2.34. The molecular formula is C19H21FN2O4S. The third kappa shape index (κ3) is 4.39. The van der Waals surface area contributed by atoms with Crippen molar-refractivity contribution in [3.8, 4) is 5.75 Å². The molecule has 27 heavy (non-hydrogen) atoms. The van der Waals surface area contributed by atoms with Crippen LogP contribution in [0.5, 0.6) is 5.75 Å². The number of amides is 1. The fraction of sp³-hybridized carbons (Fsp3) is 0.316. The maximum atomic E-state index is 13.1. The largest absolute Gasteiger partial charge is 0.492 e. The topological polar surface area (TPSA) is 75.7 Å². The normalized spacial score (nSPS) is 16.1. The van der Waals surface area contributed by atoms with Crippen LogP contribution in [0.15, 0.2) is 42.5 Å². The fourth-order valence-corrected chi connectivity index (χ4v) is 4.51. The highest BCUT2D eigenvalue weighted by molar-refractivity contribution is 7.92. The molecule has 0 unspecified atom stereocenters. The molecule has 1 N–H and O–H groups in total. The van der Waals surface area contributed by atoms with Crippen LogP contribution in [0, 0.1) is 5.82 Å². The second-order valence-corrected chi connectivity index (χ2v) is 8.38. The summed E-state index contributed by atoms with van der Waals surface area (Å²) in [7, 11) is -3.36. The summed E-state index contributed by atoms with van der Waals surface area (Å²) in [6, 6.07) is 10.6. The molecule has 0 fully saturated rings. The van der Waals surface area contributed by atoms with E-state index in [2.05, 4.69) is 5.32 Å². The van der Waals surface area contributed by atoms with Crippen molar-refractivity contribution in [1.29, 1.82) is 0 Å². The van der Waals surface area contributed by atoms with Crippen LogP contribution in [-0.2, 0) is 16.4 Å². The molecule has 0 radical (unpaired) electrons. The molecule has 1 aliphatic heterocycles. The third-order valence-corrected chi connectivity index (χ3v) is 5.58. The van der Waals surface area contributed by atoms with Crippen molar-refractivity contribution in [2.75, 3.05) is 23.7 Å². The van der Waals surface area contributed by atoms with Crippen molar-refractivity contribution >= 4 is 21.6 Å². The minimum atomic E-state index is -3.36. The number of halogens is 1. The van der Waals surface area contributed by atoms with E-state index in [1.807, 2.05) is 6.92 Å². The van der Waals surface area contributed by atoms with E-state index in [0.717, 1.165) is 5.56 Å². The quantitative estimate of drug-likeness (QED) is 0.766. The van der Waals surface area contributed by atoms with Gasteiger partial charge in [-0.1, -0.05) is 6.07 Å². The second-order valence-electron chi connectivity index (χ2n) is 6.52. The Labute approximate surface area is 158 Å². The molecule has 3 rings (SSSR count). The lowest BCUT2D eigenvalue weighted by Gasteiger charge is -2.21. The van der Waals surface area contributed by atoms with Gasteiger partial charge >= 0.3 is 0 Å². The molecule has 144 valence electrons. The van der Waals surface area contributed by atoms with Crippen LogP contribution in [0.2, 0.25) is 0 Å². The first-order valence-electron chi connectivity index (χ1n) is 8.54. The second kappa shape index (κ2) is 7.56. The molecule has 1 heterocycles. The molecule has 6 nitrogen and oxygen atoms in total. The number of carbonyl (C=O) groups excluding carboxylic acids is 1. The van der Waals surface area contributed by atoms with E-state index in [0.29, 0.717) is 23.4 Å². The maximum absolute atomic E-state index is 13.1. The van der Waals surface area contributed by atoms with E-state index in [1.54, 1.807) is 30.3 Å². The number of ether oxygens (including phenoxy) is 1. The van der Waals surface area contributed by atoms with E-state index in [9.17, 15) is 17.6 Å². The first-order valence-corrected chi connectivity index (χ1v) is 10.4. The van der Waals surface area contributed by atoms with Gasteiger partial charge in [-0.15, -0.1) is 0 Å². The Morgan fingerprint density at radius 3 is 2.78 bits per heavy atom. The molecule has 0 bridgehead atoms. The van der Waals surface area contributed by atoms with Crippen LogP contribution < -0.4 is 14.4 Å². The molecule has 0 spiro atoms. The van der Waals surface area contributed by atoms with Gasteiger partial charge in [0.1, 0.15) is 18.2 Å². The van der Waals surface area contributed by atoms with E-state index >= 15 is 0 Å². The van der Waals surface area contributed by atoms with Gasteiger partial charge in [0.25, 0.3) is 5.91 Å². The summed E-state index contributed by atoms with van der Waals surface area (Å²) in [6.07, 6.45) is 1.74. The molecule has 1 amide bonds. The van der Waals surface area contributed by atoms with Crippen molar-refractivity contribution in [1.82, 2.24) is 5.32 Å². The predicted molar refractivity (Wildman–Crippen MR) is 101 cm³/mol. The minimum absolute atomic E-state index is 0.173. The number of sulfonamides is 1. The number of anilines is 1. The van der Waals surface area contributed by atoms with Crippen molar-refractivity contribution in [3.63, 3.8) is 0 Å². The Morgan fingerprint density at radius 1 is 1.30 bits per heavy atom. The molecule has 8 heteroatoms. The zero-order valence-electron chi connectivity index (χ0n) is 15.1. The van der Waals surface area contributed by atoms with E-state index in [4.69, 9.17) is 4.74 Å². The van der Waals surface area contributed by atoms with Crippen LogP contribution in [0.1, 0.15) is 22.8 Å². The van der Waals surface area contributed by atoms with Crippen molar-refractivity contribution in [2.24, 2.45) is 0 Å². The number of fused-ring (bicyclic) bond motifs is 1. The zero-order chi connectivity index (χ0) is 19.6. The lowest BCUT2D eigenvalue weighted by atomic mass is 10.1. The first kappa shape index (κ1) is 19.2. The highest BCUT2D eigenvalue weighted by Crippen LogP contribution is 2.34. The average Bonchev–Trinajstić information content (AvgIpc) is 2.93. The maximum Gasteiger partial charge on any atom is 0.251 e. The van der Waals surface area contributed by atoms with Gasteiger partial charge in [0.15, 0.2) is 0 Å². The van der Waals surface area contributed by atoms with Gasteiger partial charge in [0, 0.05) is 17.7 Å². The number of carbonyl (C=O) groups is 1. The summed E-state index contributed by atoms with van der Waals surface area (Å²) in [4.78, 5) is 12.3. The summed E-state index contributed by atoms with van der Waals surface area (Å²) in [5.74, 6) is -0.255. The predicted octanol–water partition coefficient (Wildman–Crippen LogP) is 2.35. The molecular weight excluding hydrogens is 371 g/mol. The first-order chi connectivity index (χ1) is 12.8. The van der Waals surface area contributed by atoms with Crippen molar-refractivity contribution in [2.45, 2.75) is 19.4 Å². The Hall–Kier alpha value is -2.61. The Kier molecular flexibility index (Phi) is 5.36. The van der Waals surface area contributed by atoms with Gasteiger partial charge in [-0.3, -0.25) is 9.10 Å². The number of nitrogens with one attached hydrogen (secondary N) is 1. The highest BCUT2D eigenvalue weighted by Gasteiger charge is 2.32. The Bertz CT molecular complexity index is 962. The molecule has 0 aliphatic carbocycles. The number of hydrogen-bond acceptors (Lipinski definition) is 4. The van der Waals surface area contributed by atoms with E-state index < -0.39 is 10.0 Å². The lowest BCUT2D eigenvalue weighted by molar-refractivity contribution is 0.0947. The summed E-state index contributed by atoms with van der Waals surface area (Å²) in [6.45, 7) is 2.31. The molecule has 0 saturated heterocycles. The van der Waals surface area contributed by atoms with Gasteiger partial charge in [-0.25, -0.2) is 12.8 Å². The van der Waals surface area contributed by atoms with Gasteiger partial charge < -0.3 is 10.1 Å². The number of hydrogen-bond donors (Lipinski definition) is 1. The van der Waals surface area contributed by atoms with Crippen LogP contribution in [0.25, 0.3) is 0 Å². The average molecular weight is 392 g/mol. The number of nitrogens with zero attached hydrogens (tertiary/aromatic N) is 1. The molecule has 0 aromatic heterocycles. The van der Waals surface area contributed by atoms with Crippen LogP contribution in [0.3, 0.4) is 0 Å². The van der Waals surface area contributed by atoms with Crippen LogP contribution in [0.4, 0.5) is 10.1 Å². The molecule has 1 aliphatic rings. The summed E-state index contributed by atoms with van der Waals surface area (Å²) in [5, 5.41) is 2.74. The number of benzene rings is 2. The van der Waals surface area contributed by atoms with E-state index in [-0.39, 0.29) is 30.9 Å². The van der Waals surface area contributed by atoms with Crippen molar-refractivity contribution < 1.29 is 22.3 Å². The van der Waals surface area contributed by atoms with Crippen LogP contribution >= 0.6 is 0 Å². The Morgan fingerprint density at radius 2 is 2.07 bits per heavy atom. The van der Waals surface area contributed by atoms with Gasteiger partial charge in [-0.05, 0) is 49.2 Å². The molecule has 1 atom stereocenters. The van der Waals surface area contributed by atoms with Gasteiger partial charge in [0.2, 0.25) is 10.0 Å². The van der Waals surface area contributed by atoms with E-state index in [1.165, 1.54) is 22.7 Å². The highest BCUT2D eigenvalue weighted by atomic mass is 32.2. The standard InChI is InChI=1S/C19H21FN2O4S/c1-13-10-15-11-14(6-7-18(15)22(13)27(2,24)25)19(23)21-8-9-26-17-5-3-4-16(20)12-17/h3-7,11-13H,8-10H2,1-2H3,(H,21,23)/t13-/m0/s1. The minimum Gasteiger partial charge on any atom is -0.492 e. The van der Waals surface area contributed by atoms with Gasteiger partial charge in [0.05, 0.1) is 18.5 Å². The molecule has 2 aromatic carbocycles. The monoisotopic (exact) mass is 392 g/mol. The Balaban J connectivity index is 1.59. The SMILES string of the molecule is C[C@H]1Cc2cc(C(=O)NCCOc3cccc(F)c3)ccc2N1S(C)(=O)=O. The summed E-state index contributed by atoms with van der Waals surface area (Å²) in [5.41, 5.74) is 1.91. The fourth-order valence-electron chi connectivity index (χ4n) is 3.24. The molecule has 0 saturated carbocycles. The zero-order valence-corrected chi connectivity index (χ0v) is 15.9. The summed E-state index contributed by atoms with van der Waals surface area (Å²) >= 11 is 0. The third-order valence-electron chi connectivity index (χ3n) is 4.30. The summed E-state index contributed by atoms with van der Waals surface area (Å²) < 4.78 is 43.7. The smallest absolute Gasteiger partial charge is 0.251 e. The van der Waals surface area contributed by atoms with Gasteiger partial charge in [-0.2, -0.15) is 0 Å². The number of rotatable bonds is 6. The van der Waals surface area contributed by atoms with Crippen molar-refractivity contribution in [3.05, 3.63) is 59.4 Å². The van der Waals surface area contributed by atoms with Crippen LogP contribution in [-0.4, -0.2) is 39.8 Å².